The van der Waals surface area contributed by atoms with Crippen LogP contribution in [-0.2, 0) is 44.1 Å². The standard InChI is InChI=1S/C40H52BrN7O5/c1-50-31-9-16-45(17-10-31)15-3-6-35(49)48-19-18-47(25-30(48)8-14-42)37-32-26-53-40(11-7-29-4-2-5-33(41)36(29)40)24-34(32)43-38(44-37)52-28-39(12-13-39)27-46-20-22-51-23-21-46/h2-6,30-31H,7-13,15-28H2,1H3/b6-3+/t30-,40?/m0/s1. The third-order valence-electron chi connectivity index (χ3n) is 12.4. The molecule has 0 radical (unpaired) electrons. The van der Waals surface area contributed by atoms with Crippen molar-refractivity contribution in [2.45, 2.75) is 75.7 Å². The maximum atomic E-state index is 13.5. The zero-order chi connectivity index (χ0) is 36.4. The minimum Gasteiger partial charge on any atom is -0.463 e. The molecule has 1 spiro atoms. The molecule has 1 aromatic carbocycles. The van der Waals surface area contributed by atoms with Gasteiger partial charge in [-0.15, -0.1) is 0 Å². The van der Waals surface area contributed by atoms with Crippen LogP contribution in [0.1, 0.15) is 60.9 Å². The van der Waals surface area contributed by atoms with Crippen LogP contribution in [0.3, 0.4) is 0 Å². The molecular weight excluding hydrogens is 738 g/mol. The molecular formula is C40H52BrN7O5. The second-order valence-corrected chi connectivity index (χ2v) is 16.7. The van der Waals surface area contributed by atoms with Crippen molar-refractivity contribution >= 4 is 27.7 Å². The van der Waals surface area contributed by atoms with Crippen LogP contribution in [0.2, 0.25) is 0 Å². The van der Waals surface area contributed by atoms with Crippen molar-refractivity contribution in [1.29, 1.82) is 5.26 Å². The highest BCUT2D eigenvalue weighted by atomic mass is 79.9. The maximum Gasteiger partial charge on any atom is 0.318 e. The molecule has 6 aliphatic rings. The van der Waals surface area contributed by atoms with E-state index in [0.717, 1.165) is 113 Å². The van der Waals surface area contributed by atoms with E-state index in [1.54, 1.807) is 13.2 Å². The third kappa shape index (κ3) is 8.00. The van der Waals surface area contributed by atoms with Crippen molar-refractivity contribution in [1.82, 2.24) is 24.7 Å². The number of nitriles is 1. The van der Waals surface area contributed by atoms with Gasteiger partial charge in [0.1, 0.15) is 11.4 Å². The monoisotopic (exact) mass is 789 g/mol. The Labute approximate surface area is 321 Å². The second-order valence-electron chi connectivity index (χ2n) is 15.8. The van der Waals surface area contributed by atoms with E-state index in [9.17, 15) is 10.1 Å². The minimum absolute atomic E-state index is 0.0452. The summed E-state index contributed by atoms with van der Waals surface area (Å²) in [6.45, 7) is 9.71. The number of rotatable bonds is 11. The van der Waals surface area contributed by atoms with Gasteiger partial charge in [0.05, 0.1) is 56.8 Å². The fourth-order valence-electron chi connectivity index (χ4n) is 9.04. The number of methoxy groups -OCH3 is 1. The van der Waals surface area contributed by atoms with Crippen molar-refractivity contribution < 1.29 is 23.7 Å². The van der Waals surface area contributed by atoms with E-state index in [-0.39, 0.29) is 23.8 Å². The van der Waals surface area contributed by atoms with E-state index in [1.807, 2.05) is 11.0 Å². The van der Waals surface area contributed by atoms with Crippen molar-refractivity contribution in [2.24, 2.45) is 5.41 Å². The number of ether oxygens (including phenoxy) is 4. The predicted molar refractivity (Wildman–Crippen MR) is 203 cm³/mol. The number of morpholine rings is 1. The molecule has 53 heavy (non-hydrogen) atoms. The lowest BCUT2D eigenvalue weighted by molar-refractivity contribution is -0.128. The highest BCUT2D eigenvalue weighted by molar-refractivity contribution is 9.10. The molecule has 1 saturated carbocycles. The van der Waals surface area contributed by atoms with Crippen molar-refractivity contribution in [3.63, 3.8) is 0 Å². The first-order valence-electron chi connectivity index (χ1n) is 19.5. The van der Waals surface area contributed by atoms with Gasteiger partial charge in [-0.05, 0) is 50.2 Å². The second kappa shape index (κ2) is 15.9. The number of fused-ring (bicyclic) bond motifs is 3. The van der Waals surface area contributed by atoms with Gasteiger partial charge in [0.25, 0.3) is 0 Å². The zero-order valence-corrected chi connectivity index (χ0v) is 32.5. The Morgan fingerprint density at radius 1 is 1.09 bits per heavy atom. The highest BCUT2D eigenvalue weighted by Gasteiger charge is 2.47. The number of nitrogens with zero attached hydrogens (tertiary/aromatic N) is 7. The van der Waals surface area contributed by atoms with Crippen molar-refractivity contribution in [2.75, 3.05) is 90.7 Å². The van der Waals surface area contributed by atoms with Gasteiger partial charge in [0.15, 0.2) is 0 Å². The highest BCUT2D eigenvalue weighted by Crippen LogP contribution is 2.50. The number of hydrogen-bond donors (Lipinski definition) is 0. The molecule has 1 amide bonds. The van der Waals surface area contributed by atoms with Crippen LogP contribution in [0.25, 0.3) is 0 Å². The van der Waals surface area contributed by atoms with Gasteiger partial charge < -0.3 is 28.7 Å². The van der Waals surface area contributed by atoms with E-state index >= 15 is 0 Å². The Bertz CT molecular complexity index is 1720. The lowest BCUT2D eigenvalue weighted by Gasteiger charge is -2.42. The predicted octanol–water partition coefficient (Wildman–Crippen LogP) is 4.24. The normalized spacial score (nSPS) is 26.1. The number of halogens is 1. The summed E-state index contributed by atoms with van der Waals surface area (Å²) in [6.07, 6.45) is 11.0. The lowest BCUT2D eigenvalue weighted by atomic mass is 9.87. The number of benzene rings is 1. The Kier molecular flexibility index (Phi) is 11.1. The Hall–Kier alpha value is -3.12. The minimum atomic E-state index is -0.458. The molecule has 8 rings (SSSR count). The molecule has 2 aliphatic carbocycles. The topological polar surface area (TPSA) is 117 Å². The molecule has 284 valence electrons. The number of carbonyl (C=O) groups excluding carboxylic acids is 1. The van der Waals surface area contributed by atoms with E-state index in [0.29, 0.717) is 51.4 Å². The summed E-state index contributed by atoms with van der Waals surface area (Å²) in [7, 11) is 1.78. The van der Waals surface area contributed by atoms with Crippen LogP contribution in [0.5, 0.6) is 6.01 Å². The van der Waals surface area contributed by atoms with Gasteiger partial charge in [0, 0.05) is 99.5 Å². The molecule has 0 bridgehead atoms. The molecule has 1 aromatic heterocycles. The molecule has 4 fully saturated rings. The Morgan fingerprint density at radius 3 is 2.70 bits per heavy atom. The average molecular weight is 791 g/mol. The van der Waals surface area contributed by atoms with Crippen molar-refractivity contribution in [3.05, 3.63) is 57.2 Å². The van der Waals surface area contributed by atoms with Crippen LogP contribution in [0.4, 0.5) is 5.82 Å². The Morgan fingerprint density at radius 2 is 1.92 bits per heavy atom. The van der Waals surface area contributed by atoms with Gasteiger partial charge in [-0.2, -0.15) is 15.2 Å². The van der Waals surface area contributed by atoms with Crippen LogP contribution in [0.15, 0.2) is 34.8 Å². The molecule has 0 N–H and O–H groups in total. The first-order valence-corrected chi connectivity index (χ1v) is 20.3. The summed E-state index contributed by atoms with van der Waals surface area (Å²) in [5.41, 5.74) is 4.14. The van der Waals surface area contributed by atoms with Crippen LogP contribution >= 0.6 is 15.9 Å². The van der Waals surface area contributed by atoms with E-state index in [4.69, 9.17) is 28.9 Å². The summed E-state index contributed by atoms with van der Waals surface area (Å²) in [6, 6.07) is 8.88. The molecule has 2 aromatic rings. The number of amides is 1. The number of aromatic nitrogens is 2. The van der Waals surface area contributed by atoms with Gasteiger partial charge in [0.2, 0.25) is 5.91 Å². The number of hydrogen-bond acceptors (Lipinski definition) is 11. The van der Waals surface area contributed by atoms with Gasteiger partial charge in [-0.3, -0.25) is 14.6 Å². The molecule has 5 heterocycles. The number of piperidine rings is 1. The van der Waals surface area contributed by atoms with Gasteiger partial charge >= 0.3 is 6.01 Å². The molecule has 13 heteroatoms. The maximum absolute atomic E-state index is 13.5. The number of carbonyl (C=O) groups is 1. The summed E-state index contributed by atoms with van der Waals surface area (Å²) in [4.78, 5) is 32.7. The largest absolute Gasteiger partial charge is 0.463 e. The molecule has 12 nitrogen and oxygen atoms in total. The Balaban J connectivity index is 1.01. The lowest BCUT2D eigenvalue weighted by Crippen LogP contribution is -2.55. The fraction of sp³-hybridized carbons (Fsp3) is 0.650. The number of anilines is 1. The quantitative estimate of drug-likeness (QED) is 0.305. The fourth-order valence-corrected chi connectivity index (χ4v) is 9.81. The number of piperazine rings is 1. The van der Waals surface area contributed by atoms with E-state index in [2.05, 4.69) is 54.9 Å². The zero-order valence-electron chi connectivity index (χ0n) is 30.9. The smallest absolute Gasteiger partial charge is 0.318 e. The van der Waals surface area contributed by atoms with Crippen molar-refractivity contribution in [3.8, 4) is 12.1 Å². The molecule has 3 saturated heterocycles. The third-order valence-corrected chi connectivity index (χ3v) is 13.0. The number of aryl methyl sites for hydroxylation is 1. The first-order chi connectivity index (χ1) is 25.9. The van der Waals surface area contributed by atoms with E-state index < -0.39 is 5.60 Å². The van der Waals surface area contributed by atoms with E-state index in [1.165, 1.54) is 11.1 Å². The number of likely N-dealkylation sites (tertiary alicyclic amines) is 1. The van der Waals surface area contributed by atoms with Crippen LogP contribution in [0, 0.1) is 16.7 Å². The first kappa shape index (κ1) is 36.8. The summed E-state index contributed by atoms with van der Waals surface area (Å²) in [5.74, 6) is 0.754. The van der Waals surface area contributed by atoms with Gasteiger partial charge in [-0.1, -0.05) is 34.1 Å². The molecule has 2 atom stereocenters. The summed E-state index contributed by atoms with van der Waals surface area (Å²) in [5, 5.41) is 9.87. The van der Waals surface area contributed by atoms with Crippen LogP contribution < -0.4 is 9.64 Å². The van der Waals surface area contributed by atoms with Crippen LogP contribution in [-0.4, -0.2) is 129 Å². The van der Waals surface area contributed by atoms with Gasteiger partial charge in [-0.25, -0.2) is 0 Å². The SMILES string of the molecule is COC1CCN(C/C=C/C(=O)N2CCN(c3nc(OCC4(CN5CCOCC5)CC4)nc4c3COC3(CCc5cccc(Br)c53)C4)C[C@@H]2CC#N)CC1. The summed E-state index contributed by atoms with van der Waals surface area (Å²) < 4.78 is 25.6. The summed E-state index contributed by atoms with van der Waals surface area (Å²) >= 11 is 3.83. The molecule has 1 unspecified atom stereocenters. The average Bonchev–Trinajstić information content (AvgIpc) is 3.86. The molecule has 4 aliphatic heterocycles.